The van der Waals surface area contributed by atoms with E-state index in [1.165, 1.54) is 0 Å². The number of hydrogen-bond donors (Lipinski definition) is 3. The first kappa shape index (κ1) is 19.0. The lowest BCUT2D eigenvalue weighted by atomic mass is 9.64. The fraction of sp³-hybridized carbons (Fsp3) is 0.526. The van der Waals surface area contributed by atoms with E-state index >= 15 is 0 Å². The lowest BCUT2D eigenvalue weighted by molar-refractivity contribution is -0.142. The zero-order chi connectivity index (χ0) is 18.4. The van der Waals surface area contributed by atoms with Gasteiger partial charge in [0.1, 0.15) is 6.04 Å². The molecule has 0 heterocycles. The molecule has 0 radical (unpaired) electrons. The molecule has 25 heavy (non-hydrogen) atoms. The highest BCUT2D eigenvalue weighted by Gasteiger charge is 2.45. The number of nitrogens with one attached hydrogen (secondary N) is 2. The summed E-state index contributed by atoms with van der Waals surface area (Å²) in [6.07, 6.45) is 2.85. The number of rotatable bonds is 8. The predicted octanol–water partition coefficient (Wildman–Crippen LogP) is 1.84. The van der Waals surface area contributed by atoms with Crippen molar-refractivity contribution >= 4 is 17.8 Å². The van der Waals surface area contributed by atoms with Gasteiger partial charge in [-0.2, -0.15) is 0 Å². The lowest BCUT2D eigenvalue weighted by Gasteiger charge is -2.40. The van der Waals surface area contributed by atoms with E-state index in [2.05, 4.69) is 10.6 Å². The number of carboxylic acid groups (broad SMARTS) is 1. The Morgan fingerprint density at radius 3 is 2.28 bits per heavy atom. The van der Waals surface area contributed by atoms with Crippen LogP contribution in [0.3, 0.4) is 0 Å². The Labute approximate surface area is 148 Å². The first-order chi connectivity index (χ1) is 11.8. The molecule has 0 aromatic heterocycles. The van der Waals surface area contributed by atoms with Gasteiger partial charge in [-0.15, -0.1) is 0 Å². The van der Waals surface area contributed by atoms with E-state index in [0.29, 0.717) is 6.42 Å². The van der Waals surface area contributed by atoms with Crippen LogP contribution < -0.4 is 10.6 Å². The zero-order valence-corrected chi connectivity index (χ0v) is 14.7. The van der Waals surface area contributed by atoms with E-state index in [0.717, 1.165) is 24.8 Å². The number of carboxylic acids is 1. The molecular weight excluding hydrogens is 320 g/mol. The van der Waals surface area contributed by atoms with Gasteiger partial charge in [0.25, 0.3) is 0 Å². The molecule has 1 atom stereocenters. The van der Waals surface area contributed by atoms with Gasteiger partial charge in [0, 0.05) is 0 Å². The van der Waals surface area contributed by atoms with Crippen LogP contribution in [0.2, 0.25) is 0 Å². The zero-order valence-electron chi connectivity index (χ0n) is 14.7. The van der Waals surface area contributed by atoms with Crippen molar-refractivity contribution in [1.29, 1.82) is 0 Å². The van der Waals surface area contributed by atoms with Crippen molar-refractivity contribution in [1.82, 2.24) is 10.6 Å². The SMILES string of the molecule is CC(C)C[C@H](NC(=O)CNC(=O)C1(c2ccccc2)CCC1)C(=O)O. The van der Waals surface area contributed by atoms with Crippen LogP contribution in [0.4, 0.5) is 0 Å². The Morgan fingerprint density at radius 2 is 1.80 bits per heavy atom. The van der Waals surface area contributed by atoms with Gasteiger partial charge < -0.3 is 15.7 Å². The minimum absolute atomic E-state index is 0.146. The fourth-order valence-corrected chi connectivity index (χ4v) is 3.20. The molecule has 0 unspecified atom stereocenters. The summed E-state index contributed by atoms with van der Waals surface area (Å²) in [7, 11) is 0. The third-order valence-electron chi connectivity index (χ3n) is 4.72. The molecule has 0 saturated heterocycles. The van der Waals surface area contributed by atoms with Gasteiger partial charge in [-0.25, -0.2) is 4.79 Å². The highest BCUT2D eigenvalue weighted by molar-refractivity contribution is 5.93. The van der Waals surface area contributed by atoms with Crippen molar-refractivity contribution in [3.8, 4) is 0 Å². The standard InChI is InChI=1S/C19H26N2O4/c1-13(2)11-15(17(23)24)21-16(22)12-20-18(25)19(9-6-10-19)14-7-4-3-5-8-14/h3-5,7-8,13,15H,6,9-12H2,1-2H3,(H,20,25)(H,21,22)(H,23,24)/t15-/m0/s1. The van der Waals surface area contributed by atoms with E-state index in [1.54, 1.807) is 0 Å². The molecule has 136 valence electrons. The van der Waals surface area contributed by atoms with E-state index < -0.39 is 23.3 Å². The Bertz CT molecular complexity index is 624. The largest absolute Gasteiger partial charge is 0.480 e. The van der Waals surface area contributed by atoms with Crippen molar-refractivity contribution in [2.75, 3.05) is 6.54 Å². The number of carbonyl (C=O) groups is 3. The predicted molar refractivity (Wildman–Crippen MR) is 94.0 cm³/mol. The molecule has 1 aliphatic carbocycles. The number of hydrogen-bond acceptors (Lipinski definition) is 3. The maximum absolute atomic E-state index is 12.6. The normalized spacial score (nSPS) is 16.6. The summed E-state index contributed by atoms with van der Waals surface area (Å²) in [5.74, 6) is -1.57. The third-order valence-corrected chi connectivity index (χ3v) is 4.72. The minimum atomic E-state index is -1.06. The molecule has 1 fully saturated rings. The van der Waals surface area contributed by atoms with Crippen LogP contribution in [-0.4, -0.2) is 35.5 Å². The molecule has 1 aromatic rings. The number of carbonyl (C=O) groups excluding carboxylic acids is 2. The average Bonchev–Trinajstić information content (AvgIpc) is 2.52. The van der Waals surface area contributed by atoms with Crippen molar-refractivity contribution in [2.45, 2.75) is 51.0 Å². The van der Waals surface area contributed by atoms with Crippen LogP contribution in [0.15, 0.2) is 30.3 Å². The molecule has 0 bridgehead atoms. The molecule has 1 saturated carbocycles. The monoisotopic (exact) mass is 346 g/mol. The first-order valence-electron chi connectivity index (χ1n) is 8.71. The first-order valence-corrected chi connectivity index (χ1v) is 8.71. The van der Waals surface area contributed by atoms with Gasteiger partial charge in [0.15, 0.2) is 0 Å². The average molecular weight is 346 g/mol. The molecule has 2 rings (SSSR count). The summed E-state index contributed by atoms with van der Waals surface area (Å²) in [5, 5.41) is 14.3. The van der Waals surface area contributed by atoms with E-state index in [9.17, 15) is 19.5 Å². The minimum Gasteiger partial charge on any atom is -0.480 e. The Balaban J connectivity index is 1.92. The highest BCUT2D eigenvalue weighted by Crippen LogP contribution is 2.43. The summed E-state index contributed by atoms with van der Waals surface area (Å²) < 4.78 is 0. The van der Waals surface area contributed by atoms with Gasteiger partial charge in [0.05, 0.1) is 12.0 Å². The van der Waals surface area contributed by atoms with Gasteiger partial charge in [-0.3, -0.25) is 9.59 Å². The van der Waals surface area contributed by atoms with Crippen LogP contribution in [0, 0.1) is 5.92 Å². The molecule has 6 nitrogen and oxygen atoms in total. The van der Waals surface area contributed by atoms with Crippen molar-refractivity contribution < 1.29 is 19.5 Å². The quantitative estimate of drug-likeness (QED) is 0.669. The second-order valence-electron chi connectivity index (χ2n) is 7.07. The second kappa shape index (κ2) is 8.14. The van der Waals surface area contributed by atoms with Crippen LogP contribution in [0.25, 0.3) is 0 Å². The molecule has 6 heteroatoms. The smallest absolute Gasteiger partial charge is 0.326 e. The molecule has 0 aliphatic heterocycles. The van der Waals surface area contributed by atoms with Crippen molar-refractivity contribution in [3.63, 3.8) is 0 Å². The summed E-state index contributed by atoms with van der Waals surface area (Å²) in [6, 6.07) is 8.64. The highest BCUT2D eigenvalue weighted by atomic mass is 16.4. The summed E-state index contributed by atoms with van der Waals surface area (Å²) >= 11 is 0. The molecular formula is C19H26N2O4. The summed E-state index contributed by atoms with van der Waals surface area (Å²) in [6.45, 7) is 3.57. The summed E-state index contributed by atoms with van der Waals surface area (Å²) in [5.41, 5.74) is 0.397. The Kier molecular flexibility index (Phi) is 6.17. The van der Waals surface area contributed by atoms with Crippen LogP contribution in [0.5, 0.6) is 0 Å². The summed E-state index contributed by atoms with van der Waals surface area (Å²) in [4.78, 5) is 35.9. The Morgan fingerprint density at radius 1 is 1.16 bits per heavy atom. The van der Waals surface area contributed by atoms with Crippen molar-refractivity contribution in [2.24, 2.45) is 5.92 Å². The van der Waals surface area contributed by atoms with Gasteiger partial charge in [-0.1, -0.05) is 50.6 Å². The molecule has 1 aliphatic rings. The molecule has 2 amide bonds. The van der Waals surface area contributed by atoms with Crippen LogP contribution in [-0.2, 0) is 19.8 Å². The fourth-order valence-electron chi connectivity index (χ4n) is 3.20. The van der Waals surface area contributed by atoms with Crippen LogP contribution >= 0.6 is 0 Å². The van der Waals surface area contributed by atoms with Gasteiger partial charge in [-0.05, 0) is 30.7 Å². The Hall–Kier alpha value is -2.37. The van der Waals surface area contributed by atoms with Crippen molar-refractivity contribution in [3.05, 3.63) is 35.9 Å². The lowest BCUT2D eigenvalue weighted by Crippen LogP contribution is -2.52. The maximum atomic E-state index is 12.6. The topological polar surface area (TPSA) is 95.5 Å². The number of aliphatic carboxylic acids is 1. The van der Waals surface area contributed by atoms with Gasteiger partial charge >= 0.3 is 5.97 Å². The second-order valence-corrected chi connectivity index (χ2v) is 7.07. The van der Waals surface area contributed by atoms with E-state index in [1.807, 2.05) is 44.2 Å². The number of benzene rings is 1. The van der Waals surface area contributed by atoms with E-state index in [-0.39, 0.29) is 18.4 Å². The maximum Gasteiger partial charge on any atom is 0.326 e. The van der Waals surface area contributed by atoms with Gasteiger partial charge in [0.2, 0.25) is 11.8 Å². The number of amides is 2. The van der Waals surface area contributed by atoms with Crippen LogP contribution in [0.1, 0.15) is 45.1 Å². The molecule has 1 aromatic carbocycles. The van der Waals surface area contributed by atoms with E-state index in [4.69, 9.17) is 0 Å². The third kappa shape index (κ3) is 4.59. The molecule has 0 spiro atoms. The molecule has 3 N–H and O–H groups in total.